The minimum absolute atomic E-state index is 0.0754. The summed E-state index contributed by atoms with van der Waals surface area (Å²) < 4.78 is 19.1. The van der Waals surface area contributed by atoms with Crippen LogP contribution in [0, 0.1) is 5.82 Å². The van der Waals surface area contributed by atoms with E-state index in [0.717, 1.165) is 16.7 Å². The Bertz CT molecular complexity index is 747. The Morgan fingerprint density at radius 2 is 2.12 bits per heavy atom. The monoisotopic (exact) mass is 329 g/mol. The summed E-state index contributed by atoms with van der Waals surface area (Å²) in [5.41, 5.74) is 2.67. The van der Waals surface area contributed by atoms with E-state index in [1.54, 1.807) is 42.2 Å². The van der Waals surface area contributed by atoms with Gasteiger partial charge in [-0.15, -0.1) is 0 Å². The van der Waals surface area contributed by atoms with E-state index in [-0.39, 0.29) is 18.3 Å². The van der Waals surface area contributed by atoms with Crippen molar-refractivity contribution in [3.8, 4) is 5.75 Å². The molecule has 1 N–H and O–H groups in total. The molecule has 1 aliphatic rings. The Hall–Kier alpha value is -2.40. The van der Waals surface area contributed by atoms with Crippen molar-refractivity contribution in [3.63, 3.8) is 0 Å². The normalized spacial score (nSPS) is 14.9. The van der Waals surface area contributed by atoms with Gasteiger partial charge in [-0.25, -0.2) is 4.39 Å². The van der Waals surface area contributed by atoms with Crippen LogP contribution in [-0.4, -0.2) is 28.6 Å². The first-order valence-corrected chi connectivity index (χ1v) is 7.99. The fourth-order valence-corrected chi connectivity index (χ4v) is 2.94. The second kappa shape index (κ2) is 7.01. The van der Waals surface area contributed by atoms with Crippen LogP contribution in [0.2, 0.25) is 0 Å². The Morgan fingerprint density at radius 1 is 1.29 bits per heavy atom. The predicted molar refractivity (Wildman–Crippen MR) is 88.0 cm³/mol. The number of halogens is 1. The quantitative estimate of drug-likeness (QED) is 0.938. The maximum absolute atomic E-state index is 13.4. The molecule has 2 aromatic rings. The Morgan fingerprint density at radius 3 is 2.92 bits per heavy atom. The number of ether oxygens (including phenoxy) is 1. The van der Waals surface area contributed by atoms with Crippen molar-refractivity contribution in [1.82, 2.24) is 4.90 Å². The van der Waals surface area contributed by atoms with Gasteiger partial charge in [0.25, 0.3) is 5.91 Å². The average molecular weight is 329 g/mol. The molecule has 126 valence electrons. The topological polar surface area (TPSA) is 49.8 Å². The van der Waals surface area contributed by atoms with E-state index in [1.165, 1.54) is 12.1 Å². The zero-order valence-electron chi connectivity index (χ0n) is 13.5. The zero-order chi connectivity index (χ0) is 17.1. The molecule has 1 heterocycles. The molecule has 3 rings (SSSR count). The Labute approximate surface area is 140 Å². The van der Waals surface area contributed by atoms with Crippen LogP contribution in [0.15, 0.2) is 42.5 Å². The van der Waals surface area contributed by atoms with Crippen LogP contribution in [0.4, 0.5) is 4.39 Å². The molecule has 0 bridgehead atoms. The Kier molecular flexibility index (Phi) is 4.81. The van der Waals surface area contributed by atoms with E-state index in [9.17, 15) is 9.18 Å². The van der Waals surface area contributed by atoms with Crippen molar-refractivity contribution in [3.05, 3.63) is 65.0 Å². The first-order chi connectivity index (χ1) is 11.6. The zero-order valence-corrected chi connectivity index (χ0v) is 13.5. The first-order valence-electron chi connectivity index (χ1n) is 7.99. The molecule has 0 radical (unpaired) electrons. The van der Waals surface area contributed by atoms with Gasteiger partial charge < -0.3 is 14.7 Å². The van der Waals surface area contributed by atoms with Gasteiger partial charge in [0, 0.05) is 13.1 Å². The second-order valence-corrected chi connectivity index (χ2v) is 5.99. The lowest BCUT2D eigenvalue weighted by molar-refractivity contribution is -0.138. The summed E-state index contributed by atoms with van der Waals surface area (Å²) in [6.07, 6.45) is 0.0719. The standard InChI is InChI=1S/C19H20FNO3/c1-13(24-18-4-2-3-14(9-18)12-22)19(23)21-8-7-15-5-6-17(20)10-16(15)11-21/h2-6,9-10,13,22H,7-8,11-12H2,1H3. The molecule has 5 heteroatoms. The number of rotatable bonds is 4. The fraction of sp³-hybridized carbons (Fsp3) is 0.316. The molecule has 0 spiro atoms. The van der Waals surface area contributed by atoms with Crippen LogP contribution in [0.5, 0.6) is 5.75 Å². The lowest BCUT2D eigenvalue weighted by Gasteiger charge is -2.31. The Balaban J connectivity index is 1.67. The van der Waals surface area contributed by atoms with Crippen LogP contribution < -0.4 is 4.74 Å². The van der Waals surface area contributed by atoms with E-state index >= 15 is 0 Å². The summed E-state index contributed by atoms with van der Waals surface area (Å²) in [7, 11) is 0. The maximum atomic E-state index is 13.4. The minimum Gasteiger partial charge on any atom is -0.481 e. The molecule has 0 aliphatic carbocycles. The molecule has 0 fully saturated rings. The summed E-state index contributed by atoms with van der Waals surface area (Å²) in [5.74, 6) is 0.137. The molecule has 24 heavy (non-hydrogen) atoms. The molecular formula is C19H20FNO3. The molecule has 1 atom stereocenters. The van der Waals surface area contributed by atoms with Crippen molar-refractivity contribution < 1.29 is 19.0 Å². The molecular weight excluding hydrogens is 309 g/mol. The van der Waals surface area contributed by atoms with Crippen LogP contribution in [0.25, 0.3) is 0 Å². The van der Waals surface area contributed by atoms with Crippen molar-refractivity contribution >= 4 is 5.91 Å². The smallest absolute Gasteiger partial charge is 0.263 e. The lowest BCUT2D eigenvalue weighted by atomic mass is 9.99. The molecule has 1 amide bonds. The van der Waals surface area contributed by atoms with Gasteiger partial charge in [-0.05, 0) is 54.3 Å². The van der Waals surface area contributed by atoms with Gasteiger partial charge in [-0.2, -0.15) is 0 Å². The van der Waals surface area contributed by atoms with Crippen molar-refractivity contribution in [1.29, 1.82) is 0 Å². The highest BCUT2D eigenvalue weighted by molar-refractivity contribution is 5.81. The third kappa shape index (κ3) is 3.57. The number of aliphatic hydroxyl groups excluding tert-OH is 1. The second-order valence-electron chi connectivity index (χ2n) is 5.99. The van der Waals surface area contributed by atoms with Crippen molar-refractivity contribution in [2.24, 2.45) is 0 Å². The van der Waals surface area contributed by atoms with E-state index in [0.29, 0.717) is 25.3 Å². The maximum Gasteiger partial charge on any atom is 0.263 e. The summed E-state index contributed by atoms with van der Waals surface area (Å²) in [5, 5.41) is 9.16. The number of fused-ring (bicyclic) bond motifs is 1. The summed E-state index contributed by atoms with van der Waals surface area (Å²) >= 11 is 0. The fourth-order valence-electron chi connectivity index (χ4n) is 2.94. The highest BCUT2D eigenvalue weighted by Crippen LogP contribution is 2.22. The highest BCUT2D eigenvalue weighted by atomic mass is 19.1. The van der Waals surface area contributed by atoms with Crippen LogP contribution >= 0.6 is 0 Å². The average Bonchev–Trinajstić information content (AvgIpc) is 2.60. The largest absolute Gasteiger partial charge is 0.481 e. The number of hydrogen-bond acceptors (Lipinski definition) is 3. The number of carbonyl (C=O) groups is 1. The van der Waals surface area contributed by atoms with Gasteiger partial charge in [0.15, 0.2) is 6.10 Å². The number of amides is 1. The van der Waals surface area contributed by atoms with Crippen LogP contribution in [0.3, 0.4) is 0 Å². The third-order valence-electron chi connectivity index (χ3n) is 4.23. The SMILES string of the molecule is CC(Oc1cccc(CO)c1)C(=O)N1CCc2ccc(F)cc2C1. The third-order valence-corrected chi connectivity index (χ3v) is 4.23. The molecule has 0 saturated carbocycles. The summed E-state index contributed by atoms with van der Waals surface area (Å²) in [6.45, 7) is 2.63. The van der Waals surface area contributed by atoms with Gasteiger partial charge >= 0.3 is 0 Å². The van der Waals surface area contributed by atoms with Gasteiger partial charge in [0.1, 0.15) is 11.6 Å². The van der Waals surface area contributed by atoms with Crippen molar-refractivity contribution in [2.45, 2.75) is 32.6 Å². The van der Waals surface area contributed by atoms with Gasteiger partial charge in [-0.3, -0.25) is 4.79 Å². The molecule has 1 aliphatic heterocycles. The molecule has 4 nitrogen and oxygen atoms in total. The summed E-state index contributed by atoms with van der Waals surface area (Å²) in [6, 6.07) is 11.8. The van der Waals surface area contributed by atoms with E-state index in [4.69, 9.17) is 9.84 Å². The predicted octanol–water partition coefficient (Wildman–Crippen LogP) is 2.67. The van der Waals surface area contributed by atoms with Gasteiger partial charge in [0.2, 0.25) is 0 Å². The molecule has 1 unspecified atom stereocenters. The van der Waals surface area contributed by atoms with E-state index < -0.39 is 6.10 Å². The van der Waals surface area contributed by atoms with Crippen LogP contribution in [0.1, 0.15) is 23.6 Å². The minimum atomic E-state index is -0.644. The van der Waals surface area contributed by atoms with Gasteiger partial charge in [0.05, 0.1) is 6.61 Å². The molecule has 2 aromatic carbocycles. The summed E-state index contributed by atoms with van der Waals surface area (Å²) in [4.78, 5) is 14.3. The lowest BCUT2D eigenvalue weighted by Crippen LogP contribution is -2.43. The first kappa shape index (κ1) is 16.5. The van der Waals surface area contributed by atoms with E-state index in [1.807, 2.05) is 0 Å². The van der Waals surface area contributed by atoms with E-state index in [2.05, 4.69) is 0 Å². The molecule has 0 aromatic heterocycles. The number of nitrogens with zero attached hydrogens (tertiary/aromatic N) is 1. The van der Waals surface area contributed by atoms with Crippen molar-refractivity contribution in [2.75, 3.05) is 6.54 Å². The number of hydrogen-bond donors (Lipinski definition) is 1. The van der Waals surface area contributed by atoms with Gasteiger partial charge in [-0.1, -0.05) is 18.2 Å². The molecule has 0 saturated heterocycles. The number of benzene rings is 2. The highest BCUT2D eigenvalue weighted by Gasteiger charge is 2.26. The number of carbonyl (C=O) groups excluding carboxylic acids is 1. The number of aliphatic hydroxyl groups is 1. The van der Waals surface area contributed by atoms with Crippen LogP contribution in [-0.2, 0) is 24.4 Å².